The lowest BCUT2D eigenvalue weighted by molar-refractivity contribution is 0.286. The molecule has 0 amide bonds. The van der Waals surface area contributed by atoms with Crippen molar-refractivity contribution in [1.82, 2.24) is 14.6 Å². The molecule has 0 aliphatic heterocycles. The summed E-state index contributed by atoms with van der Waals surface area (Å²) in [5.74, 6) is 2.71. The van der Waals surface area contributed by atoms with Gasteiger partial charge in [-0.1, -0.05) is 63.4 Å². The third-order valence-electron chi connectivity index (χ3n) is 6.05. The Balaban J connectivity index is 1.47. The highest BCUT2D eigenvalue weighted by atomic mass is 32.1. The number of methoxy groups -OCH3 is 1. The van der Waals surface area contributed by atoms with Crippen LogP contribution >= 0.6 is 11.3 Å². The highest BCUT2D eigenvalue weighted by Crippen LogP contribution is 2.28. The van der Waals surface area contributed by atoms with Gasteiger partial charge in [0.05, 0.1) is 24.9 Å². The third-order valence-corrected chi connectivity index (χ3v) is 7.01. The van der Waals surface area contributed by atoms with E-state index in [0.29, 0.717) is 33.4 Å². The van der Waals surface area contributed by atoms with Gasteiger partial charge in [-0.3, -0.25) is 4.79 Å². The largest absolute Gasteiger partial charge is 0.494 e. The summed E-state index contributed by atoms with van der Waals surface area (Å²) < 4.78 is 19.1. The lowest BCUT2D eigenvalue weighted by Crippen LogP contribution is -2.23. The monoisotopic (exact) mass is 521 g/mol. The summed E-state index contributed by atoms with van der Waals surface area (Å²) in [6, 6.07) is 13.4. The quantitative estimate of drug-likeness (QED) is 0.192. The number of aromatic nitrogens is 3. The van der Waals surface area contributed by atoms with Gasteiger partial charge in [0.1, 0.15) is 5.75 Å². The van der Waals surface area contributed by atoms with Crippen molar-refractivity contribution in [1.29, 1.82) is 0 Å². The Hall–Kier alpha value is -3.39. The fourth-order valence-corrected chi connectivity index (χ4v) is 4.86. The summed E-state index contributed by atoms with van der Waals surface area (Å²) >= 11 is 1.32. The Morgan fingerprint density at radius 3 is 2.35 bits per heavy atom. The predicted molar refractivity (Wildman–Crippen MR) is 149 cm³/mol. The van der Waals surface area contributed by atoms with Crippen LogP contribution in [0.25, 0.3) is 22.4 Å². The molecule has 0 radical (unpaired) electrons. The lowest BCUT2D eigenvalue weighted by Gasteiger charge is -2.11. The van der Waals surface area contributed by atoms with E-state index in [1.165, 1.54) is 35.1 Å². The first-order valence-electron chi connectivity index (χ1n) is 13.1. The van der Waals surface area contributed by atoms with Gasteiger partial charge in [0.15, 0.2) is 17.3 Å². The molecule has 2 aromatic carbocycles. The van der Waals surface area contributed by atoms with Crippen LogP contribution in [0.1, 0.15) is 64.4 Å². The zero-order valence-corrected chi connectivity index (χ0v) is 22.7. The highest BCUT2D eigenvalue weighted by Gasteiger charge is 2.13. The Morgan fingerprint density at radius 1 is 0.892 bits per heavy atom. The minimum atomic E-state index is -0.190. The van der Waals surface area contributed by atoms with E-state index in [0.717, 1.165) is 49.2 Å². The fourth-order valence-electron chi connectivity index (χ4n) is 3.95. The molecule has 8 heteroatoms. The molecular weight excluding hydrogens is 486 g/mol. The van der Waals surface area contributed by atoms with Gasteiger partial charge < -0.3 is 14.2 Å². The van der Waals surface area contributed by atoms with E-state index in [1.54, 1.807) is 7.11 Å². The molecule has 0 atom stereocenters. The van der Waals surface area contributed by atoms with Gasteiger partial charge in [0.2, 0.25) is 4.96 Å². The zero-order chi connectivity index (χ0) is 26.0. The first-order valence-corrected chi connectivity index (χ1v) is 13.9. The number of benzene rings is 2. The van der Waals surface area contributed by atoms with E-state index in [9.17, 15) is 4.79 Å². The summed E-state index contributed by atoms with van der Waals surface area (Å²) in [6.45, 7) is 5.74. The normalized spacial score (nSPS) is 11.8. The van der Waals surface area contributed by atoms with Gasteiger partial charge in [-0.2, -0.15) is 9.50 Å². The van der Waals surface area contributed by atoms with Gasteiger partial charge in [0, 0.05) is 5.56 Å². The summed E-state index contributed by atoms with van der Waals surface area (Å²) in [6.07, 6.45) is 9.82. The van der Waals surface area contributed by atoms with Crippen molar-refractivity contribution in [2.45, 2.75) is 58.8 Å². The number of hydrogen-bond acceptors (Lipinski definition) is 7. The summed E-state index contributed by atoms with van der Waals surface area (Å²) in [5.41, 5.74) is 1.51. The number of ether oxygens (including phenoxy) is 3. The number of thiazole rings is 1. The maximum absolute atomic E-state index is 13.0. The van der Waals surface area contributed by atoms with Crippen molar-refractivity contribution in [2.75, 3.05) is 20.3 Å². The van der Waals surface area contributed by atoms with E-state index < -0.39 is 0 Å². The highest BCUT2D eigenvalue weighted by molar-refractivity contribution is 7.15. The Bertz CT molecular complexity index is 1400. The molecule has 4 rings (SSSR count). The number of hydrogen-bond donors (Lipinski definition) is 0. The van der Waals surface area contributed by atoms with E-state index in [4.69, 9.17) is 14.2 Å². The van der Waals surface area contributed by atoms with Crippen LogP contribution in [-0.4, -0.2) is 34.9 Å². The molecule has 4 aromatic rings. The van der Waals surface area contributed by atoms with Crippen LogP contribution in [0.3, 0.4) is 0 Å². The fraction of sp³-hybridized carbons (Fsp3) is 0.414. The summed E-state index contributed by atoms with van der Waals surface area (Å²) in [5, 5.41) is 4.46. The van der Waals surface area contributed by atoms with Gasteiger partial charge in [-0.25, -0.2) is 0 Å². The number of nitrogens with zero attached hydrogens (tertiary/aromatic N) is 3. The second kappa shape index (κ2) is 13.2. The van der Waals surface area contributed by atoms with Crippen LogP contribution in [0, 0.1) is 0 Å². The molecule has 37 heavy (non-hydrogen) atoms. The number of unbranched alkanes of at least 4 members (excludes halogenated alkanes) is 5. The number of rotatable bonds is 14. The van der Waals surface area contributed by atoms with E-state index in [2.05, 4.69) is 23.9 Å². The number of fused-ring (bicyclic) bond motifs is 1. The molecule has 0 fully saturated rings. The van der Waals surface area contributed by atoms with Crippen LogP contribution in [0.2, 0.25) is 0 Å². The maximum atomic E-state index is 13.0. The predicted octanol–water partition coefficient (Wildman–Crippen LogP) is 5.90. The van der Waals surface area contributed by atoms with Gasteiger partial charge >= 0.3 is 0 Å². The molecular formula is C29H35N3O4S. The second-order valence-electron chi connectivity index (χ2n) is 8.94. The molecule has 7 nitrogen and oxygen atoms in total. The van der Waals surface area contributed by atoms with E-state index in [-0.39, 0.29) is 5.56 Å². The van der Waals surface area contributed by atoms with Crippen molar-refractivity contribution in [3.63, 3.8) is 0 Å². The Kier molecular flexibility index (Phi) is 9.54. The van der Waals surface area contributed by atoms with Gasteiger partial charge in [-0.15, -0.1) is 5.10 Å². The molecule has 196 valence electrons. The summed E-state index contributed by atoms with van der Waals surface area (Å²) in [4.78, 5) is 18.2. The summed E-state index contributed by atoms with van der Waals surface area (Å²) in [7, 11) is 1.62. The third kappa shape index (κ3) is 6.89. The molecule has 0 aliphatic rings. The molecule has 2 aromatic heterocycles. The molecule has 2 heterocycles. The Labute approximate surface area is 221 Å². The first-order chi connectivity index (χ1) is 18.1. The van der Waals surface area contributed by atoms with Gasteiger partial charge in [-0.05, 0) is 60.9 Å². The first kappa shape index (κ1) is 26.7. The smallest absolute Gasteiger partial charge is 0.291 e. The maximum Gasteiger partial charge on any atom is 0.291 e. The SMILES string of the molecule is CCCCCCOc1ccc(-c2nc3sc(=Cc4ccc(OCCCCC)c(OC)c4)c(=O)n3n2)cc1. The van der Waals surface area contributed by atoms with Crippen LogP contribution in [0.5, 0.6) is 17.2 Å². The van der Waals surface area contributed by atoms with Crippen LogP contribution in [-0.2, 0) is 0 Å². The average molecular weight is 522 g/mol. The molecule has 0 saturated carbocycles. The van der Waals surface area contributed by atoms with E-state index >= 15 is 0 Å². The Morgan fingerprint density at radius 2 is 1.62 bits per heavy atom. The molecule has 0 bridgehead atoms. The molecule has 0 saturated heterocycles. The van der Waals surface area contributed by atoms with Crippen LogP contribution < -0.4 is 24.3 Å². The average Bonchev–Trinajstić information content (AvgIpc) is 3.46. The van der Waals surface area contributed by atoms with Gasteiger partial charge in [0.25, 0.3) is 5.56 Å². The lowest BCUT2D eigenvalue weighted by atomic mass is 10.2. The molecule has 0 N–H and O–H groups in total. The molecule has 0 unspecified atom stereocenters. The van der Waals surface area contributed by atoms with E-state index in [1.807, 2.05) is 48.5 Å². The minimum Gasteiger partial charge on any atom is -0.494 e. The zero-order valence-electron chi connectivity index (χ0n) is 21.9. The topological polar surface area (TPSA) is 75.0 Å². The van der Waals surface area contributed by atoms with Crippen molar-refractivity contribution in [3.05, 3.63) is 62.9 Å². The van der Waals surface area contributed by atoms with Crippen molar-refractivity contribution in [2.24, 2.45) is 0 Å². The van der Waals surface area contributed by atoms with Crippen molar-refractivity contribution < 1.29 is 14.2 Å². The molecule has 0 aliphatic carbocycles. The van der Waals surface area contributed by atoms with Crippen molar-refractivity contribution >= 4 is 22.4 Å². The van der Waals surface area contributed by atoms with Crippen LogP contribution in [0.15, 0.2) is 47.3 Å². The molecule has 0 spiro atoms. The standard InChI is InChI=1S/C29H35N3O4S/c1-4-6-8-10-17-35-23-14-12-22(13-15-23)27-30-29-32(31-27)28(33)26(37-29)20-21-11-16-24(25(19-21)34-3)36-18-9-7-5-2/h11-16,19-20H,4-10,17-18H2,1-3H3. The second-order valence-corrected chi connectivity index (χ2v) is 9.95. The minimum absolute atomic E-state index is 0.190. The van der Waals surface area contributed by atoms with Crippen LogP contribution in [0.4, 0.5) is 0 Å². The van der Waals surface area contributed by atoms with Crippen molar-refractivity contribution in [3.8, 4) is 28.6 Å².